The number of benzene rings is 2. The van der Waals surface area contributed by atoms with Crippen LogP contribution in [-0.2, 0) is 0 Å². The van der Waals surface area contributed by atoms with Gasteiger partial charge in [0, 0.05) is 31.2 Å². The summed E-state index contributed by atoms with van der Waals surface area (Å²) in [5.74, 6) is 0.322. The molecule has 3 amide bonds. The first-order valence-corrected chi connectivity index (χ1v) is 14.0. The van der Waals surface area contributed by atoms with Gasteiger partial charge in [-0.2, -0.15) is 0 Å². The fraction of sp³-hybridized carbons (Fsp3) is 0.533. The van der Waals surface area contributed by atoms with Gasteiger partial charge >= 0.3 is 6.03 Å². The van der Waals surface area contributed by atoms with Crippen LogP contribution in [0.4, 0.5) is 20.6 Å². The number of urea groups is 1. The van der Waals surface area contributed by atoms with Crippen molar-refractivity contribution in [2.75, 3.05) is 43.9 Å². The summed E-state index contributed by atoms with van der Waals surface area (Å²) in [6.07, 6.45) is 6.14. The van der Waals surface area contributed by atoms with Gasteiger partial charge in [-0.15, -0.1) is 0 Å². The van der Waals surface area contributed by atoms with Crippen LogP contribution in [-0.4, -0.2) is 72.3 Å². The highest BCUT2D eigenvalue weighted by Crippen LogP contribution is 2.35. The standard InChI is InChI=1S/C30H41FN4O4/c1-20-16-35(21(2)19-36)29(37)25-10-7-11-26(33-30(38)32-24-14-12-23(31)13-15-24)28(25)39-27(20)18-34(3)17-22-8-5-4-6-9-22/h7,10-15,20-22,27,36H,4-6,8-9,16-19H2,1-3H3,(H2,32,33,38)/t20-,21+,27-/m1/s1. The molecule has 1 fully saturated rings. The molecule has 0 unspecified atom stereocenters. The number of ether oxygens (including phenoxy) is 1. The van der Waals surface area contributed by atoms with Crippen LogP contribution in [0.3, 0.4) is 0 Å². The number of halogens is 1. The van der Waals surface area contributed by atoms with Crippen LogP contribution in [0.25, 0.3) is 0 Å². The van der Waals surface area contributed by atoms with E-state index >= 15 is 0 Å². The summed E-state index contributed by atoms with van der Waals surface area (Å²) in [7, 11) is 2.12. The highest BCUT2D eigenvalue weighted by molar-refractivity contribution is 6.04. The molecule has 0 radical (unpaired) electrons. The van der Waals surface area contributed by atoms with Gasteiger partial charge in [0.05, 0.1) is 23.9 Å². The molecule has 1 saturated carbocycles. The second kappa shape index (κ2) is 13.3. The van der Waals surface area contributed by atoms with Crippen molar-refractivity contribution in [2.24, 2.45) is 11.8 Å². The zero-order valence-electron chi connectivity index (χ0n) is 23.2. The van der Waals surface area contributed by atoms with Crippen molar-refractivity contribution in [3.05, 3.63) is 53.8 Å². The Hall–Kier alpha value is -3.17. The SMILES string of the molecule is C[C@@H]1CN([C@@H](C)CO)C(=O)c2cccc(NC(=O)Nc3ccc(F)cc3)c2O[C@@H]1CN(C)CC1CCCCC1. The summed E-state index contributed by atoms with van der Waals surface area (Å²) in [5, 5.41) is 15.4. The Balaban J connectivity index is 1.59. The summed E-state index contributed by atoms with van der Waals surface area (Å²) < 4.78 is 19.9. The summed E-state index contributed by atoms with van der Waals surface area (Å²) in [6.45, 7) is 5.85. The summed E-state index contributed by atoms with van der Waals surface area (Å²) in [4.78, 5) is 30.5. The molecule has 0 aromatic heterocycles. The number of likely N-dealkylation sites (N-methyl/N-ethyl adjacent to an activating group) is 1. The van der Waals surface area contributed by atoms with E-state index < -0.39 is 11.8 Å². The number of nitrogens with one attached hydrogen (secondary N) is 2. The van der Waals surface area contributed by atoms with Crippen molar-refractivity contribution in [3.8, 4) is 5.75 Å². The number of aliphatic hydroxyl groups is 1. The molecule has 1 heterocycles. The molecule has 3 N–H and O–H groups in total. The number of hydrogen-bond acceptors (Lipinski definition) is 5. The van der Waals surface area contributed by atoms with Crippen LogP contribution in [0.2, 0.25) is 0 Å². The predicted octanol–water partition coefficient (Wildman–Crippen LogP) is 5.20. The third-order valence-corrected chi connectivity index (χ3v) is 7.83. The first kappa shape index (κ1) is 28.8. The van der Waals surface area contributed by atoms with E-state index in [4.69, 9.17) is 4.74 Å². The average molecular weight is 541 g/mol. The van der Waals surface area contributed by atoms with E-state index in [1.807, 2.05) is 6.92 Å². The second-order valence-electron chi connectivity index (χ2n) is 11.1. The number of aliphatic hydroxyl groups excluding tert-OH is 1. The predicted molar refractivity (Wildman–Crippen MR) is 151 cm³/mol. The molecule has 2 aromatic carbocycles. The molecule has 8 nitrogen and oxygen atoms in total. The van der Waals surface area contributed by atoms with Crippen LogP contribution in [0.5, 0.6) is 5.75 Å². The van der Waals surface area contributed by atoms with Crippen molar-refractivity contribution in [3.63, 3.8) is 0 Å². The van der Waals surface area contributed by atoms with Gasteiger partial charge in [0.15, 0.2) is 5.75 Å². The van der Waals surface area contributed by atoms with Crippen LogP contribution in [0.1, 0.15) is 56.3 Å². The zero-order valence-corrected chi connectivity index (χ0v) is 23.2. The topological polar surface area (TPSA) is 94.1 Å². The molecule has 3 atom stereocenters. The molecule has 9 heteroatoms. The Morgan fingerprint density at radius 2 is 1.85 bits per heavy atom. The summed E-state index contributed by atoms with van der Waals surface area (Å²) in [6, 6.07) is 9.66. The average Bonchev–Trinajstić information content (AvgIpc) is 2.92. The number of anilines is 2. The number of hydrogen-bond donors (Lipinski definition) is 3. The number of nitrogens with zero attached hydrogens (tertiary/aromatic N) is 2. The first-order valence-electron chi connectivity index (χ1n) is 14.0. The lowest BCUT2D eigenvalue weighted by Gasteiger charge is -2.39. The minimum atomic E-state index is -0.535. The van der Waals surface area contributed by atoms with E-state index in [0.29, 0.717) is 41.7 Å². The van der Waals surface area contributed by atoms with E-state index in [2.05, 4.69) is 29.5 Å². The number of rotatable bonds is 8. The molecular formula is C30H41FN4O4. The number of fused-ring (bicyclic) bond motifs is 1. The first-order chi connectivity index (χ1) is 18.7. The minimum absolute atomic E-state index is 0.0222. The maximum atomic E-state index is 13.6. The molecule has 1 aliphatic heterocycles. The van der Waals surface area contributed by atoms with Crippen molar-refractivity contribution < 1.29 is 23.8 Å². The van der Waals surface area contributed by atoms with Crippen LogP contribution in [0.15, 0.2) is 42.5 Å². The Kier molecular flexibility index (Phi) is 9.80. The van der Waals surface area contributed by atoms with E-state index in [1.54, 1.807) is 23.1 Å². The molecule has 2 aliphatic rings. The molecular weight excluding hydrogens is 499 g/mol. The highest BCUT2D eigenvalue weighted by atomic mass is 19.1. The molecule has 0 saturated heterocycles. The van der Waals surface area contributed by atoms with Crippen molar-refractivity contribution in [1.29, 1.82) is 0 Å². The maximum Gasteiger partial charge on any atom is 0.323 e. The van der Waals surface area contributed by atoms with E-state index in [-0.39, 0.29) is 30.6 Å². The number of carbonyl (C=O) groups is 2. The van der Waals surface area contributed by atoms with Crippen molar-refractivity contribution >= 4 is 23.3 Å². The third kappa shape index (κ3) is 7.48. The van der Waals surface area contributed by atoms with Gasteiger partial charge in [-0.05, 0) is 69.1 Å². The highest BCUT2D eigenvalue weighted by Gasteiger charge is 2.35. The van der Waals surface area contributed by atoms with E-state index in [1.165, 1.54) is 56.4 Å². The van der Waals surface area contributed by atoms with Crippen molar-refractivity contribution in [2.45, 2.75) is 58.1 Å². The van der Waals surface area contributed by atoms with Crippen LogP contribution >= 0.6 is 0 Å². The lowest BCUT2D eigenvalue weighted by Crippen LogP contribution is -2.50. The molecule has 0 bridgehead atoms. The van der Waals surface area contributed by atoms with Crippen LogP contribution < -0.4 is 15.4 Å². The summed E-state index contributed by atoms with van der Waals surface area (Å²) >= 11 is 0. The number of carbonyl (C=O) groups excluding carboxylic acids is 2. The third-order valence-electron chi connectivity index (χ3n) is 7.83. The van der Waals surface area contributed by atoms with Gasteiger partial charge in [0.25, 0.3) is 5.91 Å². The Morgan fingerprint density at radius 3 is 2.54 bits per heavy atom. The van der Waals surface area contributed by atoms with Gasteiger partial charge in [0.1, 0.15) is 11.9 Å². The normalized spacial score (nSPS) is 21.0. The molecule has 4 rings (SSSR count). The molecule has 39 heavy (non-hydrogen) atoms. The number of amides is 3. The van der Waals surface area contributed by atoms with Gasteiger partial charge < -0.3 is 30.3 Å². The molecule has 212 valence electrons. The Morgan fingerprint density at radius 1 is 1.13 bits per heavy atom. The monoisotopic (exact) mass is 540 g/mol. The van der Waals surface area contributed by atoms with Gasteiger partial charge in [-0.1, -0.05) is 32.3 Å². The quantitative estimate of drug-likeness (QED) is 0.428. The van der Waals surface area contributed by atoms with Gasteiger partial charge in [-0.25, -0.2) is 9.18 Å². The smallest absolute Gasteiger partial charge is 0.323 e. The van der Waals surface area contributed by atoms with Crippen LogP contribution in [0, 0.1) is 17.7 Å². The molecule has 1 aliphatic carbocycles. The second-order valence-corrected chi connectivity index (χ2v) is 11.1. The zero-order chi connectivity index (χ0) is 27.9. The largest absolute Gasteiger partial charge is 0.486 e. The van der Waals surface area contributed by atoms with E-state index in [0.717, 1.165) is 6.54 Å². The fourth-order valence-corrected chi connectivity index (χ4v) is 5.57. The fourth-order valence-electron chi connectivity index (χ4n) is 5.57. The minimum Gasteiger partial charge on any atom is -0.486 e. The Bertz CT molecular complexity index is 1120. The summed E-state index contributed by atoms with van der Waals surface area (Å²) in [5.41, 5.74) is 1.14. The van der Waals surface area contributed by atoms with Gasteiger partial charge in [-0.3, -0.25) is 4.79 Å². The van der Waals surface area contributed by atoms with E-state index in [9.17, 15) is 19.1 Å². The lowest BCUT2D eigenvalue weighted by atomic mass is 9.89. The number of para-hydroxylation sites is 1. The van der Waals surface area contributed by atoms with Crippen molar-refractivity contribution in [1.82, 2.24) is 9.80 Å². The Labute approximate surface area is 230 Å². The maximum absolute atomic E-state index is 13.6. The molecule has 2 aromatic rings. The lowest BCUT2D eigenvalue weighted by molar-refractivity contribution is 0.0333. The van der Waals surface area contributed by atoms with Gasteiger partial charge in [0.2, 0.25) is 0 Å². The molecule has 0 spiro atoms.